The Kier molecular flexibility index (Phi) is 12.3. The van der Waals surface area contributed by atoms with Gasteiger partial charge < -0.3 is 34.4 Å². The second-order valence-corrected chi connectivity index (χ2v) is 20.9. The molecular formula is C47H50ClN3O7Si. The number of hydrogen-bond acceptors (Lipinski definition) is 7. The largest absolute Gasteiger partial charge is 0.497 e. The summed E-state index contributed by atoms with van der Waals surface area (Å²) in [5.74, 6) is 0.365. The lowest BCUT2D eigenvalue weighted by Gasteiger charge is -2.37. The van der Waals surface area contributed by atoms with Gasteiger partial charge in [-0.05, 0) is 83.4 Å². The van der Waals surface area contributed by atoms with Gasteiger partial charge in [-0.15, -0.1) is 0 Å². The Labute approximate surface area is 351 Å². The van der Waals surface area contributed by atoms with Gasteiger partial charge in [-0.25, -0.2) is 0 Å². The van der Waals surface area contributed by atoms with Gasteiger partial charge in [0.15, 0.2) is 5.60 Å². The standard InChI is InChI=1S/C47H50ClN3O7Si/c1-31-44(59(4,5)39-21-19-38(57-3)20-22-39)42(28-43(53)50(24-25-52)29-32-10-7-6-8-11-32)58-47(31)40-27-35(48)16-23-41(40)51(46(47)55)30-33-12-9-13-36(26-33)49-45(54)34-14-17-37(56-2)18-15-34/h6-23,26-27,31,42,44,52H,24-25,28-30H2,1-5H3,(H,49,54)/t31-,42+,44-,47+/m1/s1. The Morgan fingerprint density at radius 1 is 0.881 bits per heavy atom. The van der Waals surface area contributed by atoms with Gasteiger partial charge in [-0.2, -0.15) is 0 Å². The molecule has 59 heavy (non-hydrogen) atoms. The molecule has 0 bridgehead atoms. The van der Waals surface area contributed by atoms with E-state index in [0.29, 0.717) is 39.8 Å². The van der Waals surface area contributed by atoms with Gasteiger partial charge in [-0.1, -0.05) is 91.4 Å². The van der Waals surface area contributed by atoms with Crippen LogP contribution in [0.4, 0.5) is 11.4 Å². The molecule has 5 aromatic carbocycles. The number of rotatable bonds is 14. The first-order valence-corrected chi connectivity index (χ1v) is 23.3. The highest BCUT2D eigenvalue weighted by molar-refractivity contribution is 6.91. The predicted molar refractivity (Wildman–Crippen MR) is 233 cm³/mol. The molecule has 0 radical (unpaired) electrons. The number of aliphatic hydroxyl groups excluding tert-OH is 1. The summed E-state index contributed by atoms with van der Waals surface area (Å²) in [4.78, 5) is 46.3. The molecule has 7 rings (SSSR count). The van der Waals surface area contributed by atoms with Crippen molar-refractivity contribution in [1.29, 1.82) is 0 Å². The number of fused-ring (bicyclic) bond motifs is 2. The van der Waals surface area contributed by atoms with E-state index < -0.39 is 19.8 Å². The van der Waals surface area contributed by atoms with Crippen molar-refractivity contribution in [3.05, 3.63) is 149 Å². The molecule has 2 N–H and O–H groups in total. The number of benzene rings is 5. The summed E-state index contributed by atoms with van der Waals surface area (Å²) in [7, 11) is 0.646. The number of nitrogens with zero attached hydrogens (tertiary/aromatic N) is 2. The van der Waals surface area contributed by atoms with Crippen molar-refractivity contribution in [2.75, 3.05) is 37.6 Å². The maximum Gasteiger partial charge on any atom is 0.264 e. The molecule has 2 aliphatic heterocycles. The summed E-state index contributed by atoms with van der Waals surface area (Å²) < 4.78 is 17.9. The molecule has 5 aromatic rings. The molecule has 0 unspecified atom stereocenters. The fourth-order valence-corrected chi connectivity index (χ4v) is 13.2. The molecule has 3 amide bonds. The van der Waals surface area contributed by atoms with Crippen LogP contribution in [-0.2, 0) is 33.0 Å². The molecule has 306 valence electrons. The molecular weight excluding hydrogens is 782 g/mol. The van der Waals surface area contributed by atoms with Crippen LogP contribution < -0.4 is 24.9 Å². The highest BCUT2D eigenvalue weighted by Gasteiger charge is 2.66. The number of halogens is 1. The Bertz CT molecular complexity index is 2310. The van der Waals surface area contributed by atoms with Crippen LogP contribution in [0.1, 0.15) is 40.4 Å². The molecule has 0 saturated carbocycles. The Hall–Kier alpha value is -5.46. The highest BCUT2D eigenvalue weighted by Crippen LogP contribution is 2.60. The van der Waals surface area contributed by atoms with E-state index in [1.54, 1.807) is 54.4 Å². The zero-order chi connectivity index (χ0) is 41.9. The van der Waals surface area contributed by atoms with Crippen molar-refractivity contribution in [3.8, 4) is 11.5 Å². The maximum absolute atomic E-state index is 15.4. The lowest BCUT2D eigenvalue weighted by molar-refractivity contribution is -0.150. The number of aliphatic hydroxyl groups is 1. The molecule has 0 aromatic heterocycles. The van der Waals surface area contributed by atoms with E-state index >= 15 is 4.79 Å². The average molecular weight is 832 g/mol. The number of ether oxygens (including phenoxy) is 3. The molecule has 1 saturated heterocycles. The van der Waals surface area contributed by atoms with Crippen LogP contribution in [0.5, 0.6) is 11.5 Å². The number of carbonyl (C=O) groups excluding carboxylic acids is 3. The van der Waals surface area contributed by atoms with E-state index in [1.807, 2.05) is 78.9 Å². The van der Waals surface area contributed by atoms with E-state index in [2.05, 4.69) is 37.5 Å². The van der Waals surface area contributed by atoms with Crippen LogP contribution in [0.15, 0.2) is 121 Å². The number of amides is 3. The molecule has 1 fully saturated rings. The van der Waals surface area contributed by atoms with Crippen molar-refractivity contribution in [2.45, 2.75) is 56.8 Å². The second kappa shape index (κ2) is 17.4. The number of carbonyl (C=O) groups is 3. The molecule has 10 nitrogen and oxygen atoms in total. The van der Waals surface area contributed by atoms with Crippen LogP contribution >= 0.6 is 11.6 Å². The average Bonchev–Trinajstić information content (AvgIpc) is 3.66. The lowest BCUT2D eigenvalue weighted by Crippen LogP contribution is -2.52. The van der Waals surface area contributed by atoms with Crippen molar-refractivity contribution >= 4 is 54.0 Å². The van der Waals surface area contributed by atoms with E-state index in [4.69, 9.17) is 25.8 Å². The van der Waals surface area contributed by atoms with E-state index in [1.165, 1.54) is 0 Å². The van der Waals surface area contributed by atoms with E-state index in [-0.39, 0.29) is 55.3 Å². The summed E-state index contributed by atoms with van der Waals surface area (Å²) in [5.41, 5.74) is 2.53. The maximum atomic E-state index is 15.4. The number of nitrogens with one attached hydrogen (secondary N) is 1. The van der Waals surface area contributed by atoms with Crippen LogP contribution in [0.2, 0.25) is 23.7 Å². The summed E-state index contributed by atoms with van der Waals surface area (Å²) in [6.45, 7) is 7.13. The molecule has 1 spiro atoms. The van der Waals surface area contributed by atoms with Crippen molar-refractivity contribution < 1.29 is 33.7 Å². The highest BCUT2D eigenvalue weighted by atomic mass is 35.5. The van der Waals surface area contributed by atoms with Gasteiger partial charge in [0.05, 0.1) is 53.7 Å². The Morgan fingerprint density at radius 3 is 2.20 bits per heavy atom. The zero-order valence-corrected chi connectivity index (χ0v) is 35.7. The Morgan fingerprint density at radius 2 is 1.54 bits per heavy atom. The minimum Gasteiger partial charge on any atom is -0.497 e. The van der Waals surface area contributed by atoms with Gasteiger partial charge in [-0.3, -0.25) is 14.4 Å². The summed E-state index contributed by atoms with van der Waals surface area (Å²) in [6, 6.07) is 37.5. The van der Waals surface area contributed by atoms with Crippen LogP contribution in [-0.4, -0.2) is 69.3 Å². The van der Waals surface area contributed by atoms with Crippen molar-refractivity contribution in [3.63, 3.8) is 0 Å². The predicted octanol–water partition coefficient (Wildman–Crippen LogP) is 7.78. The lowest BCUT2D eigenvalue weighted by atomic mass is 9.82. The van der Waals surface area contributed by atoms with Crippen molar-refractivity contribution in [1.82, 2.24) is 4.90 Å². The van der Waals surface area contributed by atoms with E-state index in [0.717, 1.165) is 22.1 Å². The summed E-state index contributed by atoms with van der Waals surface area (Å²) >= 11 is 6.73. The molecule has 2 heterocycles. The third-order valence-corrected chi connectivity index (χ3v) is 16.6. The molecule has 0 aliphatic carbocycles. The Balaban J connectivity index is 1.23. The number of methoxy groups -OCH3 is 2. The second-order valence-electron chi connectivity index (χ2n) is 15.8. The molecule has 2 aliphatic rings. The van der Waals surface area contributed by atoms with Gasteiger partial charge in [0, 0.05) is 40.8 Å². The quantitative estimate of drug-likeness (QED) is 0.110. The van der Waals surface area contributed by atoms with E-state index in [9.17, 15) is 14.7 Å². The first kappa shape index (κ1) is 41.7. The smallest absolute Gasteiger partial charge is 0.264 e. The van der Waals surface area contributed by atoms with Crippen LogP contribution in [0.3, 0.4) is 0 Å². The van der Waals surface area contributed by atoms with Gasteiger partial charge in [0.1, 0.15) is 11.5 Å². The summed E-state index contributed by atoms with van der Waals surface area (Å²) in [5, 5.41) is 14.6. The first-order chi connectivity index (χ1) is 28.4. The topological polar surface area (TPSA) is 118 Å². The minimum atomic E-state index is -2.56. The molecule has 4 atom stereocenters. The van der Waals surface area contributed by atoms with Crippen LogP contribution in [0, 0.1) is 5.92 Å². The first-order valence-electron chi connectivity index (χ1n) is 19.8. The van der Waals surface area contributed by atoms with Gasteiger partial charge >= 0.3 is 0 Å². The zero-order valence-electron chi connectivity index (χ0n) is 34.0. The normalized spacial score (nSPS) is 19.7. The fourth-order valence-electron chi connectivity index (χ4n) is 9.04. The monoisotopic (exact) mass is 831 g/mol. The fraction of sp³-hybridized carbons (Fsp3) is 0.298. The third kappa shape index (κ3) is 8.25. The minimum absolute atomic E-state index is 0.0231. The number of hydrogen-bond donors (Lipinski definition) is 2. The van der Waals surface area contributed by atoms with Gasteiger partial charge in [0.25, 0.3) is 11.8 Å². The number of anilines is 2. The SMILES string of the molecule is COc1ccc(C(=O)Nc2cccc(CN3C(=O)[C@@]4(O[C@@H](CC(=O)N(CCO)Cc5ccccc5)[C@H]([Si](C)(C)c5ccc(OC)cc5)[C@H]4C)c4cc(Cl)ccc43)c2)cc1. The van der Waals surface area contributed by atoms with Gasteiger partial charge in [0.2, 0.25) is 5.91 Å². The van der Waals surface area contributed by atoms with Crippen LogP contribution in [0.25, 0.3) is 0 Å². The third-order valence-electron chi connectivity index (χ3n) is 12.0. The summed E-state index contributed by atoms with van der Waals surface area (Å²) in [6.07, 6.45) is -0.611. The van der Waals surface area contributed by atoms with Crippen molar-refractivity contribution in [2.24, 2.45) is 5.92 Å². The molecule has 12 heteroatoms.